The van der Waals surface area contributed by atoms with Crippen LogP contribution in [0.1, 0.15) is 80.1 Å². The molecule has 4 aromatic carbocycles. The van der Waals surface area contributed by atoms with Gasteiger partial charge in [-0.1, -0.05) is 82.7 Å². The number of nitrogens with zero attached hydrogens (tertiary/aromatic N) is 1. The lowest BCUT2D eigenvalue weighted by molar-refractivity contribution is -0.153. The largest absolute Gasteiger partial charge is 0.496 e. The van der Waals surface area contributed by atoms with E-state index in [1.807, 2.05) is 107 Å². The molecule has 8 nitrogen and oxygen atoms in total. The Morgan fingerprint density at radius 1 is 0.873 bits per heavy atom. The molecule has 0 unspecified atom stereocenters. The Morgan fingerprint density at radius 3 is 2.16 bits per heavy atom. The number of aryl methyl sites for hydroxylation is 1. The van der Waals surface area contributed by atoms with Gasteiger partial charge in [0.05, 0.1) is 42.4 Å². The van der Waals surface area contributed by atoms with Gasteiger partial charge < -0.3 is 28.5 Å². The van der Waals surface area contributed by atoms with Crippen LogP contribution < -0.4 is 10.2 Å². The fourth-order valence-electron chi connectivity index (χ4n) is 6.06. The summed E-state index contributed by atoms with van der Waals surface area (Å²) >= 11 is 3.40. The van der Waals surface area contributed by atoms with E-state index in [0.717, 1.165) is 37.9 Å². The molecule has 0 bridgehead atoms. The van der Waals surface area contributed by atoms with Crippen LogP contribution in [0, 0.1) is 6.92 Å². The molecule has 1 N–H and O–H groups in total. The highest BCUT2D eigenvalue weighted by Crippen LogP contribution is 2.37. The molecule has 0 saturated carbocycles. The Morgan fingerprint density at radius 2 is 1.55 bits per heavy atom. The molecular weight excluding hydrogens is 778 g/mol. The van der Waals surface area contributed by atoms with Crippen molar-refractivity contribution >= 4 is 51.2 Å². The van der Waals surface area contributed by atoms with Crippen molar-refractivity contribution in [3.05, 3.63) is 129 Å². The summed E-state index contributed by atoms with van der Waals surface area (Å²) < 4.78 is 62.6. The Bertz CT molecular complexity index is 2180. The number of hydrogen-bond acceptors (Lipinski definition) is 6. The van der Waals surface area contributed by atoms with Crippen LogP contribution in [0.2, 0.25) is 0 Å². The summed E-state index contributed by atoms with van der Waals surface area (Å²) in [6.07, 6.45) is -4.60. The molecule has 2 heterocycles. The number of carboxylic acids is 1. The van der Waals surface area contributed by atoms with Gasteiger partial charge in [-0.15, -0.1) is 0 Å². The van der Waals surface area contributed by atoms with E-state index in [2.05, 4.69) is 15.9 Å². The quantitative estimate of drug-likeness (QED) is 0.148. The summed E-state index contributed by atoms with van der Waals surface area (Å²) in [5, 5.41) is 11.0. The molecule has 55 heavy (non-hydrogen) atoms. The second-order valence-electron chi connectivity index (χ2n) is 15.0. The number of halogens is 4. The van der Waals surface area contributed by atoms with Crippen molar-refractivity contribution in [3.8, 4) is 5.75 Å². The smallest absolute Gasteiger partial charge is 0.494 e. The molecule has 0 spiro atoms. The molecule has 1 fully saturated rings. The predicted molar refractivity (Wildman–Crippen MR) is 209 cm³/mol. The molecule has 0 radical (unpaired) electrons. The first-order valence-electron chi connectivity index (χ1n) is 17.6. The molecule has 0 atom stereocenters. The zero-order chi connectivity index (χ0) is 40.5. The number of aliphatic carboxylic acids is 1. The minimum atomic E-state index is -4.60. The highest BCUT2D eigenvalue weighted by molar-refractivity contribution is 9.10. The second kappa shape index (κ2) is 15.9. The topological polar surface area (TPSA) is 98.4 Å². The Labute approximate surface area is 327 Å². The summed E-state index contributed by atoms with van der Waals surface area (Å²) in [4.78, 5) is 26.7. The number of furan rings is 1. The Kier molecular flexibility index (Phi) is 12.0. The first kappa shape index (κ1) is 41.6. The van der Waals surface area contributed by atoms with Crippen molar-refractivity contribution in [2.24, 2.45) is 0 Å². The second-order valence-corrected chi connectivity index (χ2v) is 15.9. The Hall–Kier alpha value is -4.59. The van der Waals surface area contributed by atoms with E-state index in [-0.39, 0.29) is 24.8 Å². The van der Waals surface area contributed by atoms with Gasteiger partial charge in [0.1, 0.15) is 11.5 Å². The third-order valence-electron chi connectivity index (χ3n) is 10.2. The number of rotatable bonds is 9. The van der Waals surface area contributed by atoms with Crippen LogP contribution in [0.25, 0.3) is 10.8 Å². The van der Waals surface area contributed by atoms with Gasteiger partial charge in [0.15, 0.2) is 0 Å². The van der Waals surface area contributed by atoms with Crippen LogP contribution in [0.15, 0.2) is 99.9 Å². The maximum absolute atomic E-state index is 13.9. The lowest BCUT2D eigenvalue weighted by Gasteiger charge is -2.32. The molecule has 5 aromatic rings. The van der Waals surface area contributed by atoms with Crippen molar-refractivity contribution in [2.75, 3.05) is 7.11 Å². The number of ether oxygens (including phenoxy) is 1. The standard InChI is InChI=1S/C26H21BrF3NO3.C16H23BO4/c1-16-7-8-17-5-3-4-6-21(17)24(16)25(32)31(14-18-9-10-19(27)13-22(18)33-2)15-20-11-12-23(34-20)26(28,29)30;1-14(2,13(18)19)11-8-7-9-12(10-11)17-20-15(3,4)16(5,6)21-17/h3-13H,14-15H2,1-2H3;7-10H,1-6H3,(H,18,19). The fourth-order valence-corrected chi connectivity index (χ4v) is 6.40. The van der Waals surface area contributed by atoms with E-state index in [9.17, 15) is 27.9 Å². The summed E-state index contributed by atoms with van der Waals surface area (Å²) in [7, 11) is 1.05. The number of carboxylic acid groups (broad SMARTS) is 1. The molecule has 290 valence electrons. The average Bonchev–Trinajstić information content (AvgIpc) is 3.69. The molecule has 1 aliphatic rings. The van der Waals surface area contributed by atoms with Crippen LogP contribution in [0.4, 0.5) is 13.2 Å². The zero-order valence-corrected chi connectivity index (χ0v) is 33.6. The van der Waals surface area contributed by atoms with E-state index in [4.69, 9.17) is 18.5 Å². The van der Waals surface area contributed by atoms with Crippen LogP contribution in [0.5, 0.6) is 5.75 Å². The van der Waals surface area contributed by atoms with Gasteiger partial charge in [-0.25, -0.2) is 0 Å². The monoisotopic (exact) mass is 821 g/mol. The highest BCUT2D eigenvalue weighted by atomic mass is 79.9. The van der Waals surface area contributed by atoms with Gasteiger partial charge >= 0.3 is 19.3 Å². The van der Waals surface area contributed by atoms with Gasteiger partial charge in [-0.05, 0) is 100 Å². The van der Waals surface area contributed by atoms with Gasteiger partial charge in [-0.3, -0.25) is 9.59 Å². The van der Waals surface area contributed by atoms with E-state index < -0.39 is 41.6 Å². The lowest BCUT2D eigenvalue weighted by Crippen LogP contribution is -2.41. The van der Waals surface area contributed by atoms with E-state index in [1.54, 1.807) is 19.9 Å². The lowest BCUT2D eigenvalue weighted by atomic mass is 9.75. The number of carbonyl (C=O) groups is 2. The van der Waals surface area contributed by atoms with E-state index >= 15 is 0 Å². The number of carbonyl (C=O) groups excluding carboxylic acids is 1. The summed E-state index contributed by atoms with van der Waals surface area (Å²) in [6, 6.07) is 26.3. The molecule has 0 aliphatic carbocycles. The number of hydrogen-bond donors (Lipinski definition) is 1. The molecule has 1 saturated heterocycles. The normalized spacial score (nSPS) is 15.0. The van der Waals surface area contributed by atoms with Crippen molar-refractivity contribution in [1.29, 1.82) is 0 Å². The molecule has 1 aliphatic heterocycles. The molecule has 1 aromatic heterocycles. The van der Waals surface area contributed by atoms with Crippen molar-refractivity contribution < 1.29 is 46.3 Å². The van der Waals surface area contributed by atoms with Crippen molar-refractivity contribution in [3.63, 3.8) is 0 Å². The maximum atomic E-state index is 13.9. The summed E-state index contributed by atoms with van der Waals surface area (Å²) in [5.41, 5.74) is 1.80. The average molecular weight is 823 g/mol. The predicted octanol–water partition coefficient (Wildman–Crippen LogP) is 9.72. The fraction of sp³-hybridized carbons (Fsp3) is 0.333. The van der Waals surface area contributed by atoms with Crippen LogP contribution in [-0.4, -0.2) is 47.3 Å². The number of fused-ring (bicyclic) bond motifs is 1. The first-order chi connectivity index (χ1) is 25.6. The SMILES string of the molecule is CC(C)(C(=O)O)c1cccc(B2OC(C)(C)C(C)(C)O2)c1.COc1cc(Br)ccc1CN(Cc1ccc(C(F)(F)F)o1)C(=O)c1c(C)ccc2ccccc12. The summed E-state index contributed by atoms with van der Waals surface area (Å²) in [5.74, 6) is -1.68. The van der Waals surface area contributed by atoms with Gasteiger partial charge in [0.2, 0.25) is 5.76 Å². The molecule has 13 heteroatoms. The molecule has 1 amide bonds. The van der Waals surface area contributed by atoms with Gasteiger partial charge in [0, 0.05) is 10.0 Å². The number of methoxy groups -OCH3 is 1. The van der Waals surface area contributed by atoms with E-state index in [1.165, 1.54) is 18.1 Å². The van der Waals surface area contributed by atoms with Crippen molar-refractivity contribution in [2.45, 2.75) is 84.3 Å². The third kappa shape index (κ3) is 9.11. The third-order valence-corrected chi connectivity index (χ3v) is 10.7. The van der Waals surface area contributed by atoms with Crippen molar-refractivity contribution in [1.82, 2.24) is 4.90 Å². The number of alkyl halides is 3. The molecule has 6 rings (SSSR count). The number of amides is 1. The minimum absolute atomic E-state index is 0.0367. The van der Waals surface area contributed by atoms with Crippen LogP contribution in [-0.2, 0) is 38.8 Å². The van der Waals surface area contributed by atoms with E-state index in [0.29, 0.717) is 16.9 Å². The zero-order valence-electron chi connectivity index (χ0n) is 32.0. The van der Waals surface area contributed by atoms with Gasteiger partial charge in [-0.2, -0.15) is 13.2 Å². The number of benzene rings is 4. The highest BCUT2D eigenvalue weighted by Gasteiger charge is 2.52. The Balaban J connectivity index is 0.000000237. The van der Waals surface area contributed by atoms with Crippen LogP contribution in [0.3, 0.4) is 0 Å². The van der Waals surface area contributed by atoms with Gasteiger partial charge in [0.25, 0.3) is 5.91 Å². The maximum Gasteiger partial charge on any atom is 0.494 e. The minimum Gasteiger partial charge on any atom is -0.496 e. The summed E-state index contributed by atoms with van der Waals surface area (Å²) in [6.45, 7) is 13.2. The molecular formula is C42H44BBrF3NO7. The van der Waals surface area contributed by atoms with Crippen LogP contribution >= 0.6 is 15.9 Å². The first-order valence-corrected chi connectivity index (χ1v) is 18.4.